The Kier molecular flexibility index (Phi) is 9.18. The van der Waals surface area contributed by atoms with E-state index >= 15 is 0 Å². The van der Waals surface area contributed by atoms with Crippen LogP contribution in [0.4, 0.5) is 36.8 Å². The van der Waals surface area contributed by atoms with Gasteiger partial charge in [-0.3, -0.25) is 4.90 Å². The Bertz CT molecular complexity index is 1290. The summed E-state index contributed by atoms with van der Waals surface area (Å²) < 4.78 is 97.0. The molecule has 1 heterocycles. The molecule has 1 aliphatic rings. The maximum atomic E-state index is 13.5. The largest absolute Gasteiger partial charge is 0.493 e. The lowest BCUT2D eigenvalue weighted by atomic mass is 9.91. The van der Waals surface area contributed by atoms with E-state index in [2.05, 4.69) is 0 Å². The summed E-state index contributed by atoms with van der Waals surface area (Å²) in [6, 6.07) is 2.60. The molecule has 3 rings (SSSR count). The molecule has 0 N–H and O–H groups in total. The van der Waals surface area contributed by atoms with Crippen LogP contribution in [-0.4, -0.2) is 44.3 Å². The lowest BCUT2D eigenvalue weighted by molar-refractivity contribution is -0.156. The van der Waals surface area contributed by atoms with Crippen LogP contribution in [-0.2, 0) is 33.3 Å². The highest BCUT2D eigenvalue weighted by Gasteiger charge is 2.42. The summed E-state index contributed by atoms with van der Waals surface area (Å²) in [5.74, 6) is -0.0960. The van der Waals surface area contributed by atoms with Gasteiger partial charge in [0.25, 0.3) is 0 Å². The van der Waals surface area contributed by atoms with E-state index in [0.717, 1.165) is 12.0 Å². The van der Waals surface area contributed by atoms with Crippen molar-refractivity contribution in [2.75, 3.05) is 26.4 Å². The SMILES string of the molecule is COC(=O)N(Cc1cc(C(F)(F)F)cc(C(F)(F)F)c1)C1CC(C)N(OC(=O)C(C)(C)C)c2cc(OC)c(OC)cc21. The number of carbonyl (C=O) groups excluding carboxylic acids is 2. The van der Waals surface area contributed by atoms with Gasteiger partial charge >= 0.3 is 24.4 Å². The fraction of sp³-hybridized carbons (Fsp3) is 0.500. The Hall–Kier alpha value is -3.84. The van der Waals surface area contributed by atoms with Crippen molar-refractivity contribution in [2.45, 2.75) is 65.1 Å². The van der Waals surface area contributed by atoms with Gasteiger partial charge in [0.05, 0.1) is 55.6 Å². The number of hydroxylamine groups is 1. The van der Waals surface area contributed by atoms with Gasteiger partial charge in [0.15, 0.2) is 11.5 Å². The summed E-state index contributed by atoms with van der Waals surface area (Å²) in [6.07, 6.45) is -11.1. The van der Waals surface area contributed by atoms with Crippen LogP contribution in [0.5, 0.6) is 11.5 Å². The average Bonchev–Trinajstić information content (AvgIpc) is 2.90. The molecule has 14 heteroatoms. The number of hydrogen-bond donors (Lipinski definition) is 0. The summed E-state index contributed by atoms with van der Waals surface area (Å²) in [5, 5.41) is 1.34. The summed E-state index contributed by atoms with van der Waals surface area (Å²) in [6.45, 7) is 6.00. The van der Waals surface area contributed by atoms with Crippen molar-refractivity contribution in [2.24, 2.45) is 5.41 Å². The van der Waals surface area contributed by atoms with Crippen LogP contribution in [0.15, 0.2) is 30.3 Å². The maximum absolute atomic E-state index is 13.5. The Balaban J connectivity index is 2.20. The molecule has 0 saturated carbocycles. The molecular weight excluding hydrogens is 574 g/mol. The van der Waals surface area contributed by atoms with Crippen molar-refractivity contribution < 1.29 is 55.0 Å². The highest BCUT2D eigenvalue weighted by atomic mass is 19.4. The monoisotopic (exact) mass is 606 g/mol. The number of nitrogens with zero attached hydrogens (tertiary/aromatic N) is 2. The van der Waals surface area contributed by atoms with E-state index in [0.29, 0.717) is 17.7 Å². The third-order valence-corrected chi connectivity index (χ3v) is 6.67. The summed E-state index contributed by atoms with van der Waals surface area (Å²) in [7, 11) is 3.79. The minimum Gasteiger partial charge on any atom is -0.493 e. The Morgan fingerprint density at radius 2 is 1.40 bits per heavy atom. The molecule has 232 valence electrons. The van der Waals surface area contributed by atoms with Gasteiger partial charge in [0, 0.05) is 18.2 Å². The highest BCUT2D eigenvalue weighted by molar-refractivity contribution is 5.78. The third-order valence-electron chi connectivity index (χ3n) is 6.67. The second-order valence-corrected chi connectivity index (χ2v) is 10.8. The quantitative estimate of drug-likeness (QED) is 0.323. The molecule has 1 aliphatic heterocycles. The summed E-state index contributed by atoms with van der Waals surface area (Å²) in [4.78, 5) is 32.6. The number of benzene rings is 2. The second kappa shape index (κ2) is 11.8. The van der Waals surface area contributed by atoms with Crippen molar-refractivity contribution in [1.29, 1.82) is 0 Å². The standard InChI is InChI=1S/C28H32F6N2O6/c1-15-8-20(19-12-22(39-5)23(40-6)13-21(19)36(15)42-24(37)26(2,3)4)35(25(38)41-7)14-16-9-17(27(29,30)31)11-18(10-16)28(32,33)34/h9-13,15,20H,8,14H2,1-7H3. The molecule has 0 bridgehead atoms. The number of rotatable bonds is 6. The predicted molar refractivity (Wildman–Crippen MR) is 139 cm³/mol. The Labute approximate surface area is 239 Å². The van der Waals surface area contributed by atoms with Crippen LogP contribution < -0.4 is 14.5 Å². The van der Waals surface area contributed by atoms with E-state index in [1.807, 2.05) is 0 Å². The molecular formula is C28H32F6N2O6. The molecule has 0 spiro atoms. The van der Waals surface area contributed by atoms with Gasteiger partial charge in [0.2, 0.25) is 0 Å². The number of carbonyl (C=O) groups is 2. The van der Waals surface area contributed by atoms with E-state index in [1.54, 1.807) is 27.7 Å². The summed E-state index contributed by atoms with van der Waals surface area (Å²) >= 11 is 0. The zero-order valence-corrected chi connectivity index (χ0v) is 24.1. The second-order valence-electron chi connectivity index (χ2n) is 10.8. The summed E-state index contributed by atoms with van der Waals surface area (Å²) in [5.41, 5.74) is -3.71. The number of methoxy groups -OCH3 is 3. The number of ether oxygens (including phenoxy) is 3. The highest BCUT2D eigenvalue weighted by Crippen LogP contribution is 2.47. The molecule has 2 unspecified atom stereocenters. The number of fused-ring (bicyclic) bond motifs is 1. The molecule has 1 amide bonds. The number of amides is 1. The van der Waals surface area contributed by atoms with Gasteiger partial charge in [-0.15, -0.1) is 0 Å². The molecule has 0 radical (unpaired) electrons. The van der Waals surface area contributed by atoms with Gasteiger partial charge < -0.3 is 19.0 Å². The predicted octanol–water partition coefficient (Wildman–Crippen LogP) is 7.15. The van der Waals surface area contributed by atoms with Gasteiger partial charge in [-0.25, -0.2) is 14.7 Å². The van der Waals surface area contributed by atoms with Gasteiger partial charge in [-0.2, -0.15) is 26.3 Å². The molecule has 0 aliphatic carbocycles. The van der Waals surface area contributed by atoms with Crippen molar-refractivity contribution in [3.63, 3.8) is 0 Å². The average molecular weight is 607 g/mol. The van der Waals surface area contributed by atoms with E-state index in [4.69, 9.17) is 19.0 Å². The molecule has 0 aromatic heterocycles. The first-order valence-corrected chi connectivity index (χ1v) is 12.7. The van der Waals surface area contributed by atoms with Gasteiger partial charge in [-0.1, -0.05) is 0 Å². The van der Waals surface area contributed by atoms with E-state index in [-0.39, 0.29) is 29.7 Å². The van der Waals surface area contributed by atoms with E-state index in [9.17, 15) is 35.9 Å². The van der Waals surface area contributed by atoms with Gasteiger partial charge in [0.1, 0.15) is 0 Å². The van der Waals surface area contributed by atoms with Crippen LogP contribution in [0.2, 0.25) is 0 Å². The van der Waals surface area contributed by atoms with Crippen LogP contribution in [0.3, 0.4) is 0 Å². The topological polar surface area (TPSA) is 77.5 Å². The zero-order chi connectivity index (χ0) is 31.8. The minimum atomic E-state index is -5.07. The maximum Gasteiger partial charge on any atom is 0.416 e. The molecule has 8 nitrogen and oxygen atoms in total. The zero-order valence-electron chi connectivity index (χ0n) is 24.1. The van der Waals surface area contributed by atoms with Crippen molar-refractivity contribution in [3.05, 3.63) is 52.6 Å². The number of alkyl halides is 6. The molecule has 2 aromatic rings. The van der Waals surface area contributed by atoms with Crippen LogP contribution in [0.25, 0.3) is 0 Å². The first-order valence-electron chi connectivity index (χ1n) is 12.7. The smallest absolute Gasteiger partial charge is 0.416 e. The normalized spacial score (nSPS) is 17.3. The molecule has 2 atom stereocenters. The molecule has 42 heavy (non-hydrogen) atoms. The molecule has 0 fully saturated rings. The first kappa shape index (κ1) is 32.7. The number of anilines is 1. The Morgan fingerprint density at radius 1 is 0.881 bits per heavy atom. The number of halogens is 6. The Morgan fingerprint density at radius 3 is 1.86 bits per heavy atom. The van der Waals surface area contributed by atoms with Crippen molar-refractivity contribution in [3.8, 4) is 11.5 Å². The lowest BCUT2D eigenvalue weighted by Crippen LogP contribution is -2.47. The molecule has 0 saturated heterocycles. The lowest BCUT2D eigenvalue weighted by Gasteiger charge is -2.43. The molecule has 2 aromatic carbocycles. The fourth-order valence-corrected chi connectivity index (χ4v) is 4.51. The van der Waals surface area contributed by atoms with E-state index in [1.165, 1.54) is 31.4 Å². The van der Waals surface area contributed by atoms with Crippen LogP contribution in [0.1, 0.15) is 62.4 Å². The minimum absolute atomic E-state index is 0.0164. The van der Waals surface area contributed by atoms with Crippen LogP contribution >= 0.6 is 0 Å². The fourth-order valence-electron chi connectivity index (χ4n) is 4.51. The third kappa shape index (κ3) is 6.96. The van der Waals surface area contributed by atoms with Gasteiger partial charge in [-0.05, 0) is 63.9 Å². The van der Waals surface area contributed by atoms with E-state index < -0.39 is 65.1 Å². The van der Waals surface area contributed by atoms with Crippen LogP contribution in [0, 0.1) is 5.41 Å². The van der Waals surface area contributed by atoms with Crippen molar-refractivity contribution in [1.82, 2.24) is 4.90 Å². The first-order chi connectivity index (χ1) is 19.3. The van der Waals surface area contributed by atoms with Crippen molar-refractivity contribution >= 4 is 17.7 Å². The number of hydrogen-bond acceptors (Lipinski definition) is 7.